The van der Waals surface area contributed by atoms with E-state index in [1.54, 1.807) is 31.4 Å². The van der Waals surface area contributed by atoms with Gasteiger partial charge in [0.25, 0.3) is 0 Å². The van der Waals surface area contributed by atoms with Crippen LogP contribution in [0.25, 0.3) is 0 Å². The summed E-state index contributed by atoms with van der Waals surface area (Å²) >= 11 is 12.0. The van der Waals surface area contributed by atoms with Crippen LogP contribution in [0.1, 0.15) is 5.56 Å². The maximum absolute atomic E-state index is 10.1. The van der Waals surface area contributed by atoms with E-state index >= 15 is 0 Å². The first-order chi connectivity index (χ1) is 10.0. The van der Waals surface area contributed by atoms with E-state index in [0.717, 1.165) is 5.69 Å². The summed E-state index contributed by atoms with van der Waals surface area (Å²) < 4.78 is 10.2. The Balaban J connectivity index is 2.18. The first-order valence-corrected chi connectivity index (χ1v) is 6.93. The molecule has 0 aliphatic carbocycles. The zero-order valence-corrected chi connectivity index (χ0v) is 13.1. The third kappa shape index (κ3) is 3.65. The summed E-state index contributed by atoms with van der Waals surface area (Å²) in [5, 5.41) is 14.3. The number of halogens is 2. The van der Waals surface area contributed by atoms with Crippen LogP contribution >= 0.6 is 23.2 Å². The van der Waals surface area contributed by atoms with Gasteiger partial charge in [0.2, 0.25) is 0 Å². The predicted octanol–water partition coefficient (Wildman–Crippen LogP) is 4.33. The van der Waals surface area contributed by atoms with Crippen molar-refractivity contribution < 1.29 is 14.6 Å². The Hall–Kier alpha value is -1.78. The second-order valence-corrected chi connectivity index (χ2v) is 5.16. The number of phenolic OH excluding ortho intramolecular Hbond substituents is 1. The van der Waals surface area contributed by atoms with Crippen LogP contribution in [0.15, 0.2) is 30.3 Å². The molecule has 4 nitrogen and oxygen atoms in total. The number of ether oxygens (including phenoxy) is 2. The monoisotopic (exact) mass is 327 g/mol. The van der Waals surface area contributed by atoms with Crippen LogP contribution in [-0.4, -0.2) is 19.3 Å². The highest BCUT2D eigenvalue weighted by molar-refractivity contribution is 6.32. The lowest BCUT2D eigenvalue weighted by Crippen LogP contribution is -2.01. The van der Waals surface area contributed by atoms with Crippen molar-refractivity contribution in [1.82, 2.24) is 0 Å². The summed E-state index contributed by atoms with van der Waals surface area (Å²) in [6.45, 7) is 0.382. The predicted molar refractivity (Wildman–Crippen MR) is 85.0 cm³/mol. The summed E-state index contributed by atoms with van der Waals surface area (Å²) in [5.41, 5.74) is 1.45. The van der Waals surface area contributed by atoms with Gasteiger partial charge in [-0.1, -0.05) is 23.2 Å². The molecule has 0 saturated carbocycles. The lowest BCUT2D eigenvalue weighted by atomic mass is 10.1. The summed E-state index contributed by atoms with van der Waals surface area (Å²) in [6, 6.07) is 8.58. The fraction of sp³-hybridized carbons (Fsp3) is 0.200. The van der Waals surface area contributed by atoms with E-state index in [0.29, 0.717) is 33.7 Å². The van der Waals surface area contributed by atoms with E-state index in [9.17, 15) is 5.11 Å². The van der Waals surface area contributed by atoms with Gasteiger partial charge in [-0.3, -0.25) is 0 Å². The molecule has 0 saturated heterocycles. The van der Waals surface area contributed by atoms with Gasteiger partial charge in [-0.05, 0) is 18.2 Å². The van der Waals surface area contributed by atoms with Gasteiger partial charge in [-0.2, -0.15) is 0 Å². The molecule has 0 heterocycles. The molecule has 0 bridgehead atoms. The van der Waals surface area contributed by atoms with Crippen molar-refractivity contribution in [2.45, 2.75) is 6.54 Å². The largest absolute Gasteiger partial charge is 0.504 e. The van der Waals surface area contributed by atoms with E-state index < -0.39 is 0 Å². The average Bonchev–Trinajstić information content (AvgIpc) is 2.49. The van der Waals surface area contributed by atoms with Crippen molar-refractivity contribution in [2.75, 3.05) is 19.5 Å². The summed E-state index contributed by atoms with van der Waals surface area (Å²) in [4.78, 5) is 0. The first-order valence-electron chi connectivity index (χ1n) is 6.18. The molecule has 2 rings (SSSR count). The number of hydrogen-bond acceptors (Lipinski definition) is 4. The quantitative estimate of drug-likeness (QED) is 0.858. The Morgan fingerprint density at radius 3 is 2.43 bits per heavy atom. The van der Waals surface area contributed by atoms with Gasteiger partial charge < -0.3 is 19.9 Å². The molecule has 2 N–H and O–H groups in total. The second-order valence-electron chi connectivity index (χ2n) is 4.32. The highest BCUT2D eigenvalue weighted by Gasteiger charge is 2.10. The third-order valence-electron chi connectivity index (χ3n) is 2.97. The van der Waals surface area contributed by atoms with E-state index in [1.165, 1.54) is 7.11 Å². The first kappa shape index (κ1) is 15.6. The summed E-state index contributed by atoms with van der Waals surface area (Å²) in [5.74, 6) is 0.984. The molecule has 0 amide bonds. The zero-order valence-electron chi connectivity index (χ0n) is 11.6. The van der Waals surface area contributed by atoms with Crippen LogP contribution in [0.2, 0.25) is 10.0 Å². The van der Waals surface area contributed by atoms with Crippen molar-refractivity contribution in [1.29, 1.82) is 0 Å². The molecule has 2 aromatic rings. The topological polar surface area (TPSA) is 50.7 Å². The molecule has 0 aromatic heterocycles. The molecule has 0 atom stereocenters. The minimum Gasteiger partial charge on any atom is -0.504 e. The molecular weight excluding hydrogens is 313 g/mol. The molecule has 21 heavy (non-hydrogen) atoms. The van der Waals surface area contributed by atoms with Crippen LogP contribution in [0.5, 0.6) is 17.2 Å². The Labute approximate surface area is 133 Å². The van der Waals surface area contributed by atoms with E-state index in [4.69, 9.17) is 32.7 Å². The fourth-order valence-electron chi connectivity index (χ4n) is 1.89. The fourth-order valence-corrected chi connectivity index (χ4v) is 2.31. The van der Waals surface area contributed by atoms with Crippen molar-refractivity contribution in [3.05, 3.63) is 45.9 Å². The number of rotatable bonds is 5. The number of hydrogen-bond donors (Lipinski definition) is 2. The van der Waals surface area contributed by atoms with Crippen LogP contribution in [0.4, 0.5) is 5.69 Å². The molecule has 0 aliphatic rings. The van der Waals surface area contributed by atoms with Gasteiger partial charge in [-0.15, -0.1) is 0 Å². The molecule has 0 aliphatic heterocycles. The van der Waals surface area contributed by atoms with E-state index in [1.807, 2.05) is 6.07 Å². The van der Waals surface area contributed by atoms with Gasteiger partial charge in [0.1, 0.15) is 5.75 Å². The number of phenols is 1. The Morgan fingerprint density at radius 1 is 1.05 bits per heavy atom. The van der Waals surface area contributed by atoms with E-state index in [2.05, 4.69) is 5.32 Å². The minimum absolute atomic E-state index is 0.0651. The molecular formula is C15H15Cl2NO3. The molecule has 0 unspecified atom stereocenters. The SMILES string of the molecule is COc1cc(NCc2cc(Cl)cc(OC)c2O)ccc1Cl. The van der Waals surface area contributed by atoms with Crippen LogP contribution < -0.4 is 14.8 Å². The van der Waals surface area contributed by atoms with Gasteiger partial charge >= 0.3 is 0 Å². The minimum atomic E-state index is 0.0651. The molecule has 0 spiro atoms. The molecule has 0 fully saturated rings. The summed E-state index contributed by atoms with van der Waals surface area (Å²) in [6.07, 6.45) is 0. The van der Waals surface area contributed by atoms with Gasteiger partial charge in [0, 0.05) is 35.0 Å². The van der Waals surface area contributed by atoms with Crippen molar-refractivity contribution in [2.24, 2.45) is 0 Å². The number of nitrogens with one attached hydrogen (secondary N) is 1. The van der Waals surface area contributed by atoms with E-state index in [-0.39, 0.29) is 5.75 Å². The molecule has 0 radical (unpaired) electrons. The normalized spacial score (nSPS) is 10.3. The maximum Gasteiger partial charge on any atom is 0.162 e. The standard InChI is InChI=1S/C15H15Cl2NO3/c1-20-13-7-11(3-4-12(13)17)18-8-9-5-10(16)6-14(21-2)15(9)19/h3-7,18-19H,8H2,1-2H3. The number of anilines is 1. The van der Waals surface area contributed by atoms with Crippen LogP contribution in [0, 0.1) is 0 Å². The zero-order chi connectivity index (χ0) is 15.4. The number of aromatic hydroxyl groups is 1. The third-order valence-corrected chi connectivity index (χ3v) is 3.50. The molecule has 6 heteroatoms. The smallest absolute Gasteiger partial charge is 0.162 e. The second kappa shape index (κ2) is 6.78. The lowest BCUT2D eigenvalue weighted by molar-refractivity contribution is 0.371. The van der Waals surface area contributed by atoms with Crippen LogP contribution in [0.3, 0.4) is 0 Å². The highest BCUT2D eigenvalue weighted by Crippen LogP contribution is 2.34. The van der Waals surface area contributed by atoms with Crippen LogP contribution in [-0.2, 0) is 6.54 Å². The van der Waals surface area contributed by atoms with Gasteiger partial charge in [0.15, 0.2) is 11.5 Å². The Kier molecular flexibility index (Phi) is 5.04. The Bertz CT molecular complexity index is 647. The number of benzene rings is 2. The maximum atomic E-state index is 10.1. The summed E-state index contributed by atoms with van der Waals surface area (Å²) in [7, 11) is 3.03. The van der Waals surface area contributed by atoms with Crippen molar-refractivity contribution in [3.63, 3.8) is 0 Å². The number of methoxy groups -OCH3 is 2. The average molecular weight is 328 g/mol. The van der Waals surface area contributed by atoms with Gasteiger partial charge in [-0.25, -0.2) is 0 Å². The molecule has 112 valence electrons. The Morgan fingerprint density at radius 2 is 1.76 bits per heavy atom. The lowest BCUT2D eigenvalue weighted by Gasteiger charge is -2.12. The van der Waals surface area contributed by atoms with Crippen molar-refractivity contribution >= 4 is 28.9 Å². The molecule has 2 aromatic carbocycles. The van der Waals surface area contributed by atoms with Gasteiger partial charge in [0.05, 0.1) is 19.2 Å². The highest BCUT2D eigenvalue weighted by atomic mass is 35.5. The van der Waals surface area contributed by atoms with Crippen molar-refractivity contribution in [3.8, 4) is 17.2 Å².